The van der Waals surface area contributed by atoms with Crippen LogP contribution in [0.4, 0.5) is 0 Å². The first-order valence-electron chi connectivity index (χ1n) is 4.08. The molecule has 1 unspecified atom stereocenters. The Morgan fingerprint density at radius 2 is 2.21 bits per heavy atom. The van der Waals surface area contributed by atoms with E-state index in [1.807, 2.05) is 0 Å². The van der Waals surface area contributed by atoms with Gasteiger partial charge in [0.2, 0.25) is 5.91 Å². The maximum atomic E-state index is 11.1. The van der Waals surface area contributed by atoms with Gasteiger partial charge in [0.15, 0.2) is 0 Å². The van der Waals surface area contributed by atoms with Crippen LogP contribution in [0.2, 0.25) is 0 Å². The Morgan fingerprint density at radius 3 is 2.71 bits per heavy atom. The Hall–Kier alpha value is -0.460. The van der Waals surface area contributed by atoms with Crippen molar-refractivity contribution >= 4 is 13.7 Å². The minimum Gasteiger partial charge on any atom is -0.395 e. The van der Waals surface area contributed by atoms with Gasteiger partial charge in [0.05, 0.1) is 6.61 Å². The average molecular weight is 225 g/mol. The number of carbonyl (C=O) groups excluding carboxylic acids is 1. The fourth-order valence-corrected chi connectivity index (χ4v) is 1.89. The highest BCUT2D eigenvalue weighted by Crippen LogP contribution is 2.40. The summed E-state index contributed by atoms with van der Waals surface area (Å²) in [6.45, 7) is -0.226. The largest absolute Gasteiger partial charge is 0.471 e. The van der Waals surface area contributed by atoms with Crippen molar-refractivity contribution in [3.8, 4) is 0 Å². The molecule has 7 nitrogen and oxygen atoms in total. The Kier molecular flexibility index (Phi) is 3.63. The van der Waals surface area contributed by atoms with Crippen molar-refractivity contribution in [2.45, 2.75) is 19.1 Å². The van der Waals surface area contributed by atoms with Gasteiger partial charge in [0.1, 0.15) is 6.23 Å². The molecule has 1 aliphatic heterocycles. The van der Waals surface area contributed by atoms with Gasteiger partial charge in [-0.3, -0.25) is 9.32 Å². The maximum absolute atomic E-state index is 11.1. The topological polar surface area (TPSA) is 107 Å². The molecule has 0 saturated carbocycles. The number of carbonyl (C=O) groups is 1. The Labute approximate surface area is 80.5 Å². The van der Waals surface area contributed by atoms with E-state index in [0.717, 1.165) is 4.90 Å². The highest BCUT2D eigenvalue weighted by molar-refractivity contribution is 7.46. The van der Waals surface area contributed by atoms with Gasteiger partial charge in [-0.2, -0.15) is 0 Å². The number of phosphoric acid groups is 1. The zero-order valence-corrected chi connectivity index (χ0v) is 8.26. The van der Waals surface area contributed by atoms with Gasteiger partial charge in [0, 0.05) is 19.4 Å². The minimum absolute atomic E-state index is 0.0312. The molecule has 0 aromatic heterocycles. The second kappa shape index (κ2) is 4.37. The summed E-state index contributed by atoms with van der Waals surface area (Å²) in [4.78, 5) is 29.3. The van der Waals surface area contributed by atoms with Crippen LogP contribution >= 0.6 is 7.82 Å². The first kappa shape index (κ1) is 11.6. The number of hydrogen-bond donors (Lipinski definition) is 3. The zero-order valence-electron chi connectivity index (χ0n) is 7.37. The van der Waals surface area contributed by atoms with Crippen LogP contribution < -0.4 is 0 Å². The smallest absolute Gasteiger partial charge is 0.395 e. The van der Waals surface area contributed by atoms with E-state index in [9.17, 15) is 9.36 Å². The summed E-state index contributed by atoms with van der Waals surface area (Å²) in [7, 11) is -4.58. The van der Waals surface area contributed by atoms with Crippen molar-refractivity contribution in [3.63, 3.8) is 0 Å². The monoisotopic (exact) mass is 225 g/mol. The first-order valence-corrected chi connectivity index (χ1v) is 5.61. The van der Waals surface area contributed by atoms with E-state index in [4.69, 9.17) is 14.9 Å². The molecule has 1 saturated heterocycles. The predicted molar refractivity (Wildman–Crippen MR) is 44.9 cm³/mol. The predicted octanol–water partition coefficient (Wildman–Crippen LogP) is -0.964. The fraction of sp³-hybridized carbons (Fsp3) is 0.833. The van der Waals surface area contributed by atoms with Crippen LogP contribution in [0, 0.1) is 0 Å². The molecule has 0 spiro atoms. The third kappa shape index (κ3) is 3.04. The molecule has 1 aliphatic rings. The van der Waals surface area contributed by atoms with Crippen molar-refractivity contribution in [3.05, 3.63) is 0 Å². The summed E-state index contributed by atoms with van der Waals surface area (Å²) in [5.41, 5.74) is 0. The van der Waals surface area contributed by atoms with Crippen LogP contribution in [0.5, 0.6) is 0 Å². The van der Waals surface area contributed by atoms with Crippen LogP contribution in [-0.2, 0) is 13.9 Å². The molecule has 1 fully saturated rings. The second-order valence-corrected chi connectivity index (χ2v) is 4.09. The van der Waals surface area contributed by atoms with Crippen molar-refractivity contribution in [1.82, 2.24) is 4.90 Å². The van der Waals surface area contributed by atoms with Crippen LogP contribution in [0.1, 0.15) is 12.8 Å². The number of likely N-dealkylation sites (tertiary alicyclic amines) is 1. The van der Waals surface area contributed by atoms with Gasteiger partial charge in [-0.25, -0.2) is 4.57 Å². The molecule has 1 amide bonds. The number of rotatable bonds is 4. The van der Waals surface area contributed by atoms with Crippen LogP contribution in [0.3, 0.4) is 0 Å². The Morgan fingerprint density at radius 1 is 1.57 bits per heavy atom. The number of aliphatic hydroxyl groups excluding tert-OH is 1. The average Bonchev–Trinajstić information content (AvgIpc) is 2.33. The minimum atomic E-state index is -4.58. The lowest BCUT2D eigenvalue weighted by atomic mass is 10.4. The third-order valence-corrected chi connectivity index (χ3v) is 2.39. The number of amides is 1. The highest BCUT2D eigenvalue weighted by atomic mass is 31.2. The van der Waals surface area contributed by atoms with Gasteiger partial charge in [-0.15, -0.1) is 0 Å². The van der Waals surface area contributed by atoms with E-state index in [1.54, 1.807) is 0 Å². The molecule has 14 heavy (non-hydrogen) atoms. The summed E-state index contributed by atoms with van der Waals surface area (Å²) >= 11 is 0. The lowest BCUT2D eigenvalue weighted by Crippen LogP contribution is -2.36. The zero-order chi connectivity index (χ0) is 10.8. The van der Waals surface area contributed by atoms with Gasteiger partial charge in [-0.1, -0.05) is 0 Å². The first-order chi connectivity index (χ1) is 6.44. The number of phosphoric ester groups is 1. The summed E-state index contributed by atoms with van der Waals surface area (Å²) in [5, 5.41) is 8.62. The molecule has 0 radical (unpaired) electrons. The van der Waals surface area contributed by atoms with E-state index in [2.05, 4.69) is 4.52 Å². The van der Waals surface area contributed by atoms with E-state index < -0.39 is 14.1 Å². The normalized spacial score (nSPS) is 23.2. The summed E-state index contributed by atoms with van der Waals surface area (Å²) < 4.78 is 14.9. The molecule has 82 valence electrons. The standard InChI is InChI=1S/C6H12NO6P/c8-4-3-7-5(9)1-2-6(7)13-14(10,11)12/h6,8H,1-4H2,(H2,10,11,12). The summed E-state index contributed by atoms with van der Waals surface area (Å²) in [5.74, 6) is -0.266. The number of nitrogens with zero attached hydrogens (tertiary/aromatic N) is 1. The quantitative estimate of drug-likeness (QED) is 0.532. The lowest BCUT2D eigenvalue weighted by molar-refractivity contribution is -0.133. The van der Waals surface area contributed by atoms with Crippen molar-refractivity contribution in [2.24, 2.45) is 0 Å². The van der Waals surface area contributed by atoms with E-state index in [1.165, 1.54) is 0 Å². The van der Waals surface area contributed by atoms with E-state index in [-0.39, 0.29) is 31.9 Å². The number of aliphatic hydroxyl groups is 1. The van der Waals surface area contributed by atoms with Crippen molar-refractivity contribution in [2.75, 3.05) is 13.2 Å². The molecule has 1 rings (SSSR count). The Balaban J connectivity index is 2.60. The Bertz CT molecular complexity index is 263. The van der Waals surface area contributed by atoms with Gasteiger partial charge in [0.25, 0.3) is 0 Å². The van der Waals surface area contributed by atoms with Crippen LogP contribution in [-0.4, -0.2) is 45.1 Å². The van der Waals surface area contributed by atoms with Crippen LogP contribution in [0.25, 0.3) is 0 Å². The van der Waals surface area contributed by atoms with Gasteiger partial charge < -0.3 is 19.8 Å². The van der Waals surface area contributed by atoms with E-state index >= 15 is 0 Å². The van der Waals surface area contributed by atoms with Gasteiger partial charge in [-0.05, 0) is 0 Å². The SMILES string of the molecule is O=C1CCC(OP(=O)(O)O)N1CCO. The molecule has 1 atom stereocenters. The van der Waals surface area contributed by atoms with Crippen molar-refractivity contribution < 1.29 is 28.8 Å². The molecule has 0 aromatic rings. The lowest BCUT2D eigenvalue weighted by Gasteiger charge is -2.23. The van der Waals surface area contributed by atoms with Gasteiger partial charge >= 0.3 is 7.82 Å². The van der Waals surface area contributed by atoms with Crippen LogP contribution in [0.15, 0.2) is 0 Å². The van der Waals surface area contributed by atoms with Crippen molar-refractivity contribution in [1.29, 1.82) is 0 Å². The molecule has 1 heterocycles. The fourth-order valence-electron chi connectivity index (χ4n) is 1.35. The highest BCUT2D eigenvalue weighted by Gasteiger charge is 2.35. The third-order valence-electron chi connectivity index (χ3n) is 1.87. The molecule has 3 N–H and O–H groups in total. The molecule has 0 aromatic carbocycles. The molecule has 0 aliphatic carbocycles. The second-order valence-electron chi connectivity index (χ2n) is 2.90. The molecular weight excluding hydrogens is 213 g/mol. The maximum Gasteiger partial charge on any atom is 0.471 e. The number of β-amino-alcohol motifs (C(OH)–C–C–N with tert-alkyl or cyclic N) is 1. The molecule has 8 heteroatoms. The summed E-state index contributed by atoms with van der Waals surface area (Å²) in [6.07, 6.45) is -0.496. The molecule has 0 bridgehead atoms. The molecular formula is C6H12NO6P. The van der Waals surface area contributed by atoms with E-state index in [0.29, 0.717) is 0 Å². The summed E-state index contributed by atoms with van der Waals surface area (Å²) in [6, 6.07) is 0. The number of hydrogen-bond acceptors (Lipinski definition) is 4.